The molecule has 29 heavy (non-hydrogen) atoms. The molecular weight excluding hydrogens is 472 g/mol. The lowest BCUT2D eigenvalue weighted by Crippen LogP contribution is -2.49. The molecule has 0 bridgehead atoms. The number of benzene rings is 2. The van der Waals surface area contributed by atoms with Gasteiger partial charge in [-0.2, -0.15) is 11.8 Å². The predicted octanol–water partition coefficient (Wildman–Crippen LogP) is 5.05. The van der Waals surface area contributed by atoms with E-state index in [2.05, 4.69) is 40.4 Å². The molecule has 7 heteroatoms. The normalized spacial score (nSPS) is 12.3. The quantitative estimate of drug-likeness (QED) is 0.510. The van der Waals surface area contributed by atoms with Crippen LogP contribution in [-0.2, 0) is 10.2 Å². The number of amides is 2. The first-order valence-corrected chi connectivity index (χ1v) is 11.9. The predicted molar refractivity (Wildman–Crippen MR) is 126 cm³/mol. The minimum Gasteiger partial charge on any atom is -0.353 e. The number of rotatable bonds is 9. The van der Waals surface area contributed by atoms with Crippen LogP contribution < -0.4 is 10.6 Å². The van der Waals surface area contributed by atoms with E-state index in [1.165, 1.54) is 0 Å². The summed E-state index contributed by atoms with van der Waals surface area (Å²) in [4.78, 5) is 25.5. The molecule has 0 radical (unpaired) electrons. The maximum Gasteiger partial charge on any atom is 0.253 e. The Morgan fingerprint density at radius 2 is 1.90 bits per heavy atom. The molecule has 2 rings (SSSR count). The first kappa shape index (κ1) is 23.8. The highest BCUT2D eigenvalue weighted by Gasteiger charge is 2.26. The third-order valence-electron chi connectivity index (χ3n) is 4.66. The Morgan fingerprint density at radius 1 is 1.17 bits per heavy atom. The van der Waals surface area contributed by atoms with Gasteiger partial charge in [-0.25, -0.2) is 0 Å². The van der Waals surface area contributed by atoms with Crippen LogP contribution in [0.4, 0.5) is 0 Å². The van der Waals surface area contributed by atoms with E-state index in [-0.39, 0.29) is 17.2 Å². The molecule has 0 spiro atoms. The Labute approximate surface area is 190 Å². The molecule has 2 aromatic rings. The lowest BCUT2D eigenvalue weighted by molar-refractivity contribution is -0.123. The van der Waals surface area contributed by atoms with Crippen molar-refractivity contribution in [2.75, 3.05) is 18.6 Å². The molecular formula is C22H26BrClN2O2S. The van der Waals surface area contributed by atoms with Crippen molar-refractivity contribution in [3.05, 3.63) is 69.2 Å². The summed E-state index contributed by atoms with van der Waals surface area (Å²) in [5.74, 6) is 0.314. The number of carbonyl (C=O) groups is 2. The Morgan fingerprint density at radius 3 is 2.55 bits per heavy atom. The van der Waals surface area contributed by atoms with E-state index in [4.69, 9.17) is 11.6 Å². The largest absolute Gasteiger partial charge is 0.353 e. The molecule has 0 heterocycles. The third-order valence-corrected chi connectivity index (χ3v) is 6.23. The number of halogens is 2. The second kappa shape index (κ2) is 11.0. The smallest absolute Gasteiger partial charge is 0.253 e. The van der Waals surface area contributed by atoms with E-state index in [0.29, 0.717) is 28.0 Å². The average Bonchev–Trinajstić information content (AvgIpc) is 2.69. The van der Waals surface area contributed by atoms with Crippen LogP contribution >= 0.6 is 39.3 Å². The van der Waals surface area contributed by atoms with Gasteiger partial charge in [0.15, 0.2) is 0 Å². The van der Waals surface area contributed by atoms with Gasteiger partial charge in [0.1, 0.15) is 6.04 Å². The molecule has 1 atom stereocenters. The Balaban J connectivity index is 2.06. The highest BCUT2D eigenvalue weighted by Crippen LogP contribution is 2.25. The highest BCUT2D eigenvalue weighted by atomic mass is 79.9. The fraction of sp³-hybridized carbons (Fsp3) is 0.364. The van der Waals surface area contributed by atoms with Crippen LogP contribution in [0.3, 0.4) is 0 Å². The topological polar surface area (TPSA) is 58.2 Å². The minimum absolute atomic E-state index is 0.186. The summed E-state index contributed by atoms with van der Waals surface area (Å²) in [6.07, 6.45) is 2.54. The SMILES string of the molecule is CSCCC(NC(=O)c1ccccc1Br)C(=O)NCC(C)(C)c1cccc(Cl)c1. The molecule has 4 nitrogen and oxygen atoms in total. The van der Waals surface area contributed by atoms with E-state index in [1.807, 2.05) is 36.6 Å². The third kappa shape index (κ3) is 7.05. The maximum absolute atomic E-state index is 12.9. The maximum atomic E-state index is 12.9. The number of nitrogens with one attached hydrogen (secondary N) is 2. The second-order valence-electron chi connectivity index (χ2n) is 7.40. The summed E-state index contributed by atoms with van der Waals surface area (Å²) >= 11 is 11.1. The van der Waals surface area contributed by atoms with Crippen LogP contribution in [0.1, 0.15) is 36.2 Å². The summed E-state index contributed by atoms with van der Waals surface area (Å²) in [7, 11) is 0. The van der Waals surface area contributed by atoms with E-state index in [9.17, 15) is 9.59 Å². The van der Waals surface area contributed by atoms with Crippen LogP contribution in [-0.4, -0.2) is 36.4 Å². The van der Waals surface area contributed by atoms with Crippen molar-refractivity contribution in [2.45, 2.75) is 31.7 Å². The number of thioether (sulfide) groups is 1. The lowest BCUT2D eigenvalue weighted by Gasteiger charge is -2.27. The van der Waals surface area contributed by atoms with Gasteiger partial charge in [-0.3, -0.25) is 9.59 Å². The van der Waals surface area contributed by atoms with Crippen LogP contribution in [0.2, 0.25) is 5.02 Å². The van der Waals surface area contributed by atoms with Gasteiger partial charge in [-0.05, 0) is 64.2 Å². The molecule has 0 fully saturated rings. The van der Waals surface area contributed by atoms with E-state index < -0.39 is 6.04 Å². The van der Waals surface area contributed by atoms with Crippen molar-refractivity contribution in [3.8, 4) is 0 Å². The molecule has 2 N–H and O–H groups in total. The van der Waals surface area contributed by atoms with Gasteiger partial charge in [0.2, 0.25) is 5.91 Å². The van der Waals surface area contributed by atoms with Gasteiger partial charge in [0, 0.05) is 21.5 Å². The summed E-state index contributed by atoms with van der Waals surface area (Å²) in [5, 5.41) is 6.55. The Bertz CT molecular complexity index is 860. The summed E-state index contributed by atoms with van der Waals surface area (Å²) in [6, 6.07) is 14.2. The zero-order chi connectivity index (χ0) is 21.4. The lowest BCUT2D eigenvalue weighted by atomic mass is 9.84. The van der Waals surface area contributed by atoms with Crippen molar-refractivity contribution >= 4 is 51.1 Å². The Hall–Kier alpha value is -1.50. The second-order valence-corrected chi connectivity index (χ2v) is 9.68. The molecule has 0 aliphatic heterocycles. The molecule has 1 unspecified atom stereocenters. The fourth-order valence-electron chi connectivity index (χ4n) is 2.83. The number of hydrogen-bond acceptors (Lipinski definition) is 3. The van der Waals surface area contributed by atoms with Gasteiger partial charge < -0.3 is 10.6 Å². The van der Waals surface area contributed by atoms with Gasteiger partial charge in [0.25, 0.3) is 5.91 Å². The zero-order valence-electron chi connectivity index (χ0n) is 16.8. The van der Waals surface area contributed by atoms with Crippen molar-refractivity contribution < 1.29 is 9.59 Å². The van der Waals surface area contributed by atoms with Crippen LogP contribution in [0.5, 0.6) is 0 Å². The standard InChI is InChI=1S/C22H26BrClN2O2S/c1-22(2,15-7-6-8-16(24)13-15)14-25-21(28)19(11-12-29-3)26-20(27)17-9-4-5-10-18(17)23/h4-10,13,19H,11-12,14H2,1-3H3,(H,25,28)(H,26,27). The summed E-state index contributed by atoms with van der Waals surface area (Å²) < 4.78 is 0.698. The van der Waals surface area contributed by atoms with E-state index in [0.717, 1.165) is 11.3 Å². The van der Waals surface area contributed by atoms with E-state index >= 15 is 0 Å². The zero-order valence-corrected chi connectivity index (χ0v) is 20.0. The first-order chi connectivity index (χ1) is 13.7. The summed E-state index contributed by atoms with van der Waals surface area (Å²) in [5.41, 5.74) is 1.26. The molecule has 156 valence electrons. The van der Waals surface area contributed by atoms with Crippen LogP contribution in [0, 0.1) is 0 Å². The average molecular weight is 498 g/mol. The van der Waals surface area contributed by atoms with Gasteiger partial charge in [-0.1, -0.05) is 49.7 Å². The molecule has 0 aromatic heterocycles. The van der Waals surface area contributed by atoms with Gasteiger partial charge in [-0.15, -0.1) is 0 Å². The molecule has 0 aliphatic carbocycles. The number of hydrogen-bond donors (Lipinski definition) is 2. The highest BCUT2D eigenvalue weighted by molar-refractivity contribution is 9.10. The Kier molecular flexibility index (Phi) is 9.05. The summed E-state index contributed by atoms with van der Waals surface area (Å²) in [6.45, 7) is 4.54. The van der Waals surface area contributed by atoms with Gasteiger partial charge >= 0.3 is 0 Å². The molecule has 0 aliphatic rings. The molecule has 2 amide bonds. The van der Waals surface area contributed by atoms with Crippen molar-refractivity contribution in [1.29, 1.82) is 0 Å². The first-order valence-electron chi connectivity index (χ1n) is 9.32. The molecule has 2 aromatic carbocycles. The van der Waals surface area contributed by atoms with Crippen LogP contribution in [0.25, 0.3) is 0 Å². The minimum atomic E-state index is -0.600. The number of carbonyl (C=O) groups excluding carboxylic acids is 2. The van der Waals surface area contributed by atoms with Gasteiger partial charge in [0.05, 0.1) is 5.56 Å². The fourth-order valence-corrected chi connectivity index (χ4v) is 3.96. The molecule has 0 saturated carbocycles. The van der Waals surface area contributed by atoms with Crippen molar-refractivity contribution in [2.24, 2.45) is 0 Å². The van der Waals surface area contributed by atoms with Crippen molar-refractivity contribution in [3.63, 3.8) is 0 Å². The monoisotopic (exact) mass is 496 g/mol. The van der Waals surface area contributed by atoms with Crippen LogP contribution in [0.15, 0.2) is 53.0 Å². The molecule has 0 saturated heterocycles. The van der Waals surface area contributed by atoms with E-state index in [1.54, 1.807) is 30.0 Å². The van der Waals surface area contributed by atoms with Crippen molar-refractivity contribution in [1.82, 2.24) is 10.6 Å².